The summed E-state index contributed by atoms with van der Waals surface area (Å²) in [6.45, 7) is 1.87. The molecule has 0 spiro atoms. The Morgan fingerprint density at radius 3 is 1.83 bits per heavy atom. The molecule has 29 heavy (non-hydrogen) atoms. The van der Waals surface area contributed by atoms with Gasteiger partial charge in [-0.15, -0.1) is 0 Å². The van der Waals surface area contributed by atoms with Crippen molar-refractivity contribution in [3.63, 3.8) is 0 Å². The van der Waals surface area contributed by atoms with Crippen LogP contribution >= 0.6 is 15.9 Å². The molecule has 4 nitrogen and oxygen atoms in total. The minimum atomic E-state index is -1.16. The summed E-state index contributed by atoms with van der Waals surface area (Å²) in [6.07, 6.45) is 0.260. The van der Waals surface area contributed by atoms with Crippen LogP contribution in [0.4, 0.5) is 0 Å². The van der Waals surface area contributed by atoms with Crippen molar-refractivity contribution in [1.82, 2.24) is 4.90 Å². The summed E-state index contributed by atoms with van der Waals surface area (Å²) in [7, 11) is 0. The Morgan fingerprint density at radius 2 is 1.31 bits per heavy atom. The minimum absolute atomic E-state index is 0.161. The second-order valence-electron chi connectivity index (χ2n) is 7.42. The second-order valence-corrected chi connectivity index (χ2v) is 8.33. The fraction of sp³-hybridized carbons (Fsp3) is 0.167. The van der Waals surface area contributed by atoms with Crippen LogP contribution in [0.3, 0.4) is 0 Å². The van der Waals surface area contributed by atoms with E-state index in [1.54, 1.807) is 31.2 Å². The third-order valence-electron chi connectivity index (χ3n) is 5.38. The molecule has 3 aromatic carbocycles. The molecule has 0 fully saturated rings. The van der Waals surface area contributed by atoms with Gasteiger partial charge >= 0.3 is 0 Å². The van der Waals surface area contributed by atoms with Crippen LogP contribution in [0.1, 0.15) is 39.6 Å². The molecule has 3 aromatic rings. The highest BCUT2D eigenvalue weighted by atomic mass is 79.9. The van der Waals surface area contributed by atoms with Gasteiger partial charge in [0.25, 0.3) is 11.8 Å². The van der Waals surface area contributed by atoms with Crippen LogP contribution in [0.15, 0.2) is 77.3 Å². The second kappa shape index (κ2) is 7.58. The number of benzene rings is 3. The van der Waals surface area contributed by atoms with Crippen molar-refractivity contribution in [3.8, 4) is 11.1 Å². The number of amides is 2. The van der Waals surface area contributed by atoms with Gasteiger partial charge in [0.1, 0.15) is 0 Å². The van der Waals surface area contributed by atoms with Gasteiger partial charge in [0, 0.05) is 11.0 Å². The van der Waals surface area contributed by atoms with Crippen LogP contribution in [-0.2, 0) is 5.60 Å². The van der Waals surface area contributed by atoms with E-state index < -0.39 is 5.60 Å². The predicted octanol–water partition coefficient (Wildman–Crippen LogP) is 5.01. The van der Waals surface area contributed by atoms with Gasteiger partial charge in [-0.05, 0) is 54.3 Å². The first kappa shape index (κ1) is 19.6. The highest BCUT2D eigenvalue weighted by Gasteiger charge is 2.36. The zero-order valence-corrected chi connectivity index (χ0v) is 17.5. The molecule has 1 atom stereocenters. The molecule has 0 aromatic heterocycles. The number of nitrogens with zero attached hydrogens (tertiary/aromatic N) is 1. The first-order chi connectivity index (χ1) is 13.9. The van der Waals surface area contributed by atoms with E-state index in [1.165, 1.54) is 4.90 Å². The molecule has 0 radical (unpaired) electrons. The van der Waals surface area contributed by atoms with Gasteiger partial charge in [-0.2, -0.15) is 0 Å². The van der Waals surface area contributed by atoms with Gasteiger partial charge in [0.05, 0.1) is 16.7 Å². The quantitative estimate of drug-likeness (QED) is 0.556. The molecule has 0 bridgehead atoms. The fourth-order valence-electron chi connectivity index (χ4n) is 3.58. The maximum absolute atomic E-state index is 12.5. The summed E-state index contributed by atoms with van der Waals surface area (Å²) >= 11 is 3.43. The highest BCUT2D eigenvalue weighted by Crippen LogP contribution is 2.30. The molecule has 0 aliphatic carbocycles. The van der Waals surface area contributed by atoms with Crippen LogP contribution in [0.25, 0.3) is 11.1 Å². The molecule has 1 unspecified atom stereocenters. The van der Waals surface area contributed by atoms with Crippen LogP contribution in [-0.4, -0.2) is 28.4 Å². The van der Waals surface area contributed by atoms with E-state index in [9.17, 15) is 14.7 Å². The van der Waals surface area contributed by atoms with E-state index >= 15 is 0 Å². The van der Waals surface area contributed by atoms with Crippen molar-refractivity contribution in [2.45, 2.75) is 18.9 Å². The number of hydrogen-bond donors (Lipinski definition) is 1. The number of imide groups is 1. The number of fused-ring (bicyclic) bond motifs is 1. The maximum Gasteiger partial charge on any atom is 0.261 e. The van der Waals surface area contributed by atoms with E-state index in [-0.39, 0.29) is 24.8 Å². The van der Waals surface area contributed by atoms with Crippen molar-refractivity contribution in [1.29, 1.82) is 0 Å². The van der Waals surface area contributed by atoms with E-state index in [1.807, 2.05) is 48.5 Å². The molecular weight excluding hydrogens is 430 g/mol. The van der Waals surface area contributed by atoms with E-state index in [4.69, 9.17) is 0 Å². The summed E-state index contributed by atoms with van der Waals surface area (Å²) in [5.74, 6) is -0.598. The monoisotopic (exact) mass is 449 g/mol. The molecule has 2 amide bonds. The number of carbonyl (C=O) groups excluding carboxylic acids is 2. The molecule has 1 heterocycles. The van der Waals surface area contributed by atoms with Gasteiger partial charge in [0.15, 0.2) is 0 Å². The zero-order valence-electron chi connectivity index (χ0n) is 15.9. The van der Waals surface area contributed by atoms with Crippen LogP contribution < -0.4 is 0 Å². The Hall–Kier alpha value is -2.76. The molecular formula is C24H20BrNO3. The van der Waals surface area contributed by atoms with Crippen molar-refractivity contribution >= 4 is 27.7 Å². The van der Waals surface area contributed by atoms with Crippen molar-refractivity contribution in [3.05, 3.63) is 94.0 Å². The van der Waals surface area contributed by atoms with Gasteiger partial charge in [0.2, 0.25) is 0 Å². The fourth-order valence-corrected chi connectivity index (χ4v) is 3.84. The Labute approximate surface area is 177 Å². The Kier molecular flexibility index (Phi) is 5.11. The summed E-state index contributed by atoms with van der Waals surface area (Å²) in [5.41, 5.74) is 2.58. The maximum atomic E-state index is 12.5. The van der Waals surface area contributed by atoms with Crippen LogP contribution in [0.5, 0.6) is 0 Å². The lowest BCUT2D eigenvalue weighted by molar-refractivity contribution is 0.0339. The summed E-state index contributed by atoms with van der Waals surface area (Å²) in [6, 6.07) is 22.6. The number of aliphatic hydroxyl groups is 1. The Bertz CT molecular complexity index is 1040. The molecule has 1 aliphatic rings. The topological polar surface area (TPSA) is 57.6 Å². The van der Waals surface area contributed by atoms with Crippen LogP contribution in [0.2, 0.25) is 0 Å². The third kappa shape index (κ3) is 3.76. The van der Waals surface area contributed by atoms with E-state index in [0.29, 0.717) is 11.1 Å². The molecule has 1 aliphatic heterocycles. The van der Waals surface area contributed by atoms with Gasteiger partial charge in [-0.25, -0.2) is 0 Å². The summed E-state index contributed by atoms with van der Waals surface area (Å²) in [4.78, 5) is 26.2. The van der Waals surface area contributed by atoms with Gasteiger partial charge < -0.3 is 5.11 Å². The van der Waals surface area contributed by atoms with Crippen molar-refractivity contribution in [2.24, 2.45) is 0 Å². The first-order valence-corrected chi connectivity index (χ1v) is 10.2. The molecule has 0 saturated heterocycles. The zero-order chi connectivity index (χ0) is 20.6. The number of carbonyl (C=O) groups is 2. The Morgan fingerprint density at radius 1 is 0.828 bits per heavy atom. The van der Waals surface area contributed by atoms with E-state index in [0.717, 1.165) is 21.2 Å². The summed E-state index contributed by atoms with van der Waals surface area (Å²) in [5, 5.41) is 11.0. The number of halogens is 1. The normalized spacial score (nSPS) is 15.3. The van der Waals surface area contributed by atoms with Gasteiger partial charge in [-0.3, -0.25) is 14.5 Å². The molecule has 5 heteroatoms. The standard InChI is InChI=1S/C24H20BrNO3/c1-24(29,14-15-26-22(27)20-4-2-3-5-21(20)23(26)28)18-10-6-16(7-11-18)17-8-12-19(25)13-9-17/h2-13,29H,14-15H2,1H3. The third-order valence-corrected chi connectivity index (χ3v) is 5.91. The largest absolute Gasteiger partial charge is 0.385 e. The molecule has 0 saturated carbocycles. The minimum Gasteiger partial charge on any atom is -0.385 e. The summed E-state index contributed by atoms with van der Waals surface area (Å²) < 4.78 is 1.02. The van der Waals surface area contributed by atoms with Crippen LogP contribution in [0, 0.1) is 0 Å². The average Bonchev–Trinajstić information content (AvgIpc) is 2.98. The smallest absolute Gasteiger partial charge is 0.261 e. The lowest BCUT2D eigenvalue weighted by Crippen LogP contribution is -2.35. The van der Waals surface area contributed by atoms with Crippen molar-refractivity contribution < 1.29 is 14.7 Å². The molecule has 4 rings (SSSR count). The lowest BCUT2D eigenvalue weighted by Gasteiger charge is -2.26. The Balaban J connectivity index is 1.47. The number of rotatable bonds is 5. The highest BCUT2D eigenvalue weighted by molar-refractivity contribution is 9.10. The van der Waals surface area contributed by atoms with Crippen molar-refractivity contribution in [2.75, 3.05) is 6.54 Å². The molecule has 146 valence electrons. The SMILES string of the molecule is CC(O)(CCN1C(=O)c2ccccc2C1=O)c1ccc(-c2ccc(Br)cc2)cc1. The predicted molar refractivity (Wildman–Crippen MR) is 116 cm³/mol. The average molecular weight is 450 g/mol. The first-order valence-electron chi connectivity index (χ1n) is 9.41. The lowest BCUT2D eigenvalue weighted by atomic mass is 9.91. The number of hydrogen-bond acceptors (Lipinski definition) is 3. The molecule has 1 N–H and O–H groups in total. The van der Waals surface area contributed by atoms with Gasteiger partial charge in [-0.1, -0.05) is 64.5 Å². The van der Waals surface area contributed by atoms with E-state index in [2.05, 4.69) is 15.9 Å².